The molecule has 0 aliphatic carbocycles. The minimum Gasteiger partial charge on any atom is -0.489 e. The van der Waals surface area contributed by atoms with E-state index in [1.807, 2.05) is 36.4 Å². The Bertz CT molecular complexity index is 1440. The van der Waals surface area contributed by atoms with Crippen LogP contribution in [0.5, 0.6) is 17.2 Å². The molecule has 4 rings (SSSR count). The number of fused-ring (bicyclic) bond motifs is 1. The Kier molecular flexibility index (Phi) is 10.8. The van der Waals surface area contributed by atoms with E-state index in [1.165, 1.54) is 11.1 Å². The Balaban J connectivity index is 1.61. The Labute approximate surface area is 244 Å². The van der Waals surface area contributed by atoms with Crippen LogP contribution >= 0.6 is 0 Å². The SMILES string of the molecule is CC(C)=CCC/C(C)=C/COc1ccc2c(OCc3ccccc3)c(O[C@@H]3O[C@H](CO)[C@@H](O)[C@H](O)[C@H]3O)c(=O)oc2c1. The molecular formula is C32H38O10. The Morgan fingerprint density at radius 1 is 0.929 bits per heavy atom. The van der Waals surface area contributed by atoms with Crippen LogP contribution in [-0.4, -0.2) is 64.3 Å². The molecule has 1 aliphatic rings. The zero-order valence-electron chi connectivity index (χ0n) is 23.9. The third-order valence-corrected chi connectivity index (χ3v) is 6.87. The summed E-state index contributed by atoms with van der Waals surface area (Å²) in [5.41, 5.74) is 2.57. The first-order chi connectivity index (χ1) is 20.2. The molecule has 1 saturated heterocycles. The van der Waals surface area contributed by atoms with Crippen LogP contribution in [0.3, 0.4) is 0 Å². The largest absolute Gasteiger partial charge is 0.489 e. The van der Waals surface area contributed by atoms with Crippen LogP contribution in [0, 0.1) is 0 Å². The van der Waals surface area contributed by atoms with E-state index >= 15 is 0 Å². The average molecular weight is 583 g/mol. The van der Waals surface area contributed by atoms with E-state index in [0.29, 0.717) is 17.7 Å². The van der Waals surface area contributed by atoms with Crippen molar-refractivity contribution >= 4 is 11.0 Å². The lowest BCUT2D eigenvalue weighted by Crippen LogP contribution is -2.60. The molecule has 2 aromatic carbocycles. The summed E-state index contributed by atoms with van der Waals surface area (Å²) in [6.07, 6.45) is -1.73. The van der Waals surface area contributed by atoms with Crippen molar-refractivity contribution in [1.29, 1.82) is 0 Å². The van der Waals surface area contributed by atoms with Gasteiger partial charge in [-0.2, -0.15) is 0 Å². The first-order valence-electron chi connectivity index (χ1n) is 13.8. The fourth-order valence-electron chi connectivity index (χ4n) is 4.45. The van der Waals surface area contributed by atoms with E-state index in [2.05, 4.69) is 26.8 Å². The molecule has 0 radical (unpaired) electrons. The van der Waals surface area contributed by atoms with Crippen LogP contribution in [0.1, 0.15) is 39.2 Å². The standard InChI is InChI=1S/C32H38O10/c1-19(2)8-7-9-20(3)14-15-38-22-12-13-23-24(16-22)40-31(37)30(29(23)39-18-21-10-5-4-6-11-21)42-32-28(36)27(35)26(34)25(17-33)41-32/h4-6,8,10-14,16,25-28,32-36H,7,9,15,17-18H2,1-3H3/b20-14+/t25-,26-,27+,28-,32+/m1/s1. The maximum Gasteiger partial charge on any atom is 0.383 e. The van der Waals surface area contributed by atoms with Gasteiger partial charge in [-0.1, -0.05) is 47.6 Å². The third-order valence-electron chi connectivity index (χ3n) is 6.87. The number of aliphatic hydroxyl groups is 4. The van der Waals surface area contributed by atoms with E-state index in [4.69, 9.17) is 23.4 Å². The zero-order valence-corrected chi connectivity index (χ0v) is 23.9. The van der Waals surface area contributed by atoms with E-state index in [9.17, 15) is 25.2 Å². The number of rotatable bonds is 12. The van der Waals surface area contributed by atoms with Crippen LogP contribution in [0.4, 0.5) is 0 Å². The van der Waals surface area contributed by atoms with Crippen LogP contribution in [0.2, 0.25) is 0 Å². The maximum absolute atomic E-state index is 13.2. The van der Waals surface area contributed by atoms with Gasteiger partial charge >= 0.3 is 5.63 Å². The Hall–Kier alpha value is -3.67. The zero-order chi connectivity index (χ0) is 30.2. The van der Waals surface area contributed by atoms with Crippen molar-refractivity contribution in [3.05, 3.63) is 87.8 Å². The highest BCUT2D eigenvalue weighted by Gasteiger charge is 2.45. The van der Waals surface area contributed by atoms with E-state index in [-0.39, 0.29) is 17.9 Å². The van der Waals surface area contributed by atoms with Gasteiger partial charge in [0.1, 0.15) is 49.0 Å². The fourth-order valence-corrected chi connectivity index (χ4v) is 4.45. The molecule has 42 heavy (non-hydrogen) atoms. The summed E-state index contributed by atoms with van der Waals surface area (Å²) < 4.78 is 28.6. The van der Waals surface area contributed by atoms with Gasteiger partial charge in [0, 0.05) is 6.07 Å². The second-order valence-corrected chi connectivity index (χ2v) is 10.5. The molecular weight excluding hydrogens is 544 g/mol. The van der Waals surface area contributed by atoms with Gasteiger partial charge in [0.15, 0.2) is 5.75 Å². The number of aliphatic hydroxyl groups excluding tert-OH is 4. The molecule has 4 N–H and O–H groups in total. The van der Waals surface area contributed by atoms with Gasteiger partial charge in [0.25, 0.3) is 5.75 Å². The summed E-state index contributed by atoms with van der Waals surface area (Å²) in [6, 6.07) is 14.2. The first kappa shape index (κ1) is 31.3. The number of benzene rings is 2. The van der Waals surface area contributed by atoms with Crippen molar-refractivity contribution in [3.8, 4) is 17.2 Å². The molecule has 1 fully saturated rings. The second-order valence-electron chi connectivity index (χ2n) is 10.5. The predicted molar refractivity (Wildman–Crippen MR) is 156 cm³/mol. The molecule has 0 unspecified atom stereocenters. The highest BCUT2D eigenvalue weighted by molar-refractivity contribution is 5.86. The molecule has 226 valence electrons. The molecule has 10 heteroatoms. The van der Waals surface area contributed by atoms with Crippen molar-refractivity contribution in [2.75, 3.05) is 13.2 Å². The van der Waals surface area contributed by atoms with Crippen molar-refractivity contribution in [2.24, 2.45) is 0 Å². The molecule has 10 nitrogen and oxygen atoms in total. The minimum absolute atomic E-state index is 0.0311. The molecule has 1 aromatic heterocycles. The average Bonchev–Trinajstić information content (AvgIpc) is 2.97. The molecule has 5 atom stereocenters. The van der Waals surface area contributed by atoms with Gasteiger partial charge in [0.05, 0.1) is 12.0 Å². The summed E-state index contributed by atoms with van der Waals surface area (Å²) in [7, 11) is 0. The smallest absolute Gasteiger partial charge is 0.383 e. The summed E-state index contributed by atoms with van der Waals surface area (Å²) >= 11 is 0. The summed E-state index contributed by atoms with van der Waals surface area (Å²) in [5, 5.41) is 40.7. The number of ether oxygens (including phenoxy) is 4. The number of hydrogen-bond acceptors (Lipinski definition) is 10. The summed E-state index contributed by atoms with van der Waals surface area (Å²) in [4.78, 5) is 13.2. The minimum atomic E-state index is -1.73. The number of allylic oxidation sites excluding steroid dienone is 3. The van der Waals surface area contributed by atoms with Crippen LogP contribution < -0.4 is 19.8 Å². The van der Waals surface area contributed by atoms with Crippen molar-refractivity contribution in [2.45, 2.75) is 70.9 Å². The molecule has 0 saturated carbocycles. The lowest BCUT2D eigenvalue weighted by molar-refractivity contribution is -0.278. The Morgan fingerprint density at radius 3 is 2.40 bits per heavy atom. The molecule has 0 bridgehead atoms. The van der Waals surface area contributed by atoms with Crippen LogP contribution in [0.15, 0.2) is 81.0 Å². The number of hydrogen-bond donors (Lipinski definition) is 4. The van der Waals surface area contributed by atoms with Gasteiger partial charge in [-0.05, 0) is 57.4 Å². The van der Waals surface area contributed by atoms with Crippen molar-refractivity contribution in [3.63, 3.8) is 0 Å². The molecule has 1 aliphatic heterocycles. The normalized spacial score (nSPS) is 22.5. The van der Waals surface area contributed by atoms with Crippen LogP contribution in [-0.2, 0) is 11.3 Å². The topological polar surface area (TPSA) is 148 Å². The third kappa shape index (κ3) is 7.78. The van der Waals surface area contributed by atoms with E-state index in [1.54, 1.807) is 18.2 Å². The van der Waals surface area contributed by atoms with Gasteiger partial charge in [-0.3, -0.25) is 0 Å². The quantitative estimate of drug-likeness (QED) is 0.184. The first-order valence-corrected chi connectivity index (χ1v) is 13.8. The molecule has 0 spiro atoms. The van der Waals surface area contributed by atoms with Gasteiger partial charge < -0.3 is 43.8 Å². The molecule has 3 aromatic rings. The summed E-state index contributed by atoms with van der Waals surface area (Å²) in [6.45, 7) is 5.97. The van der Waals surface area contributed by atoms with Crippen molar-refractivity contribution in [1.82, 2.24) is 0 Å². The van der Waals surface area contributed by atoms with Crippen LogP contribution in [0.25, 0.3) is 11.0 Å². The second kappa shape index (κ2) is 14.5. The summed E-state index contributed by atoms with van der Waals surface area (Å²) in [5.74, 6) is 0.116. The predicted octanol–water partition coefficient (Wildman–Crippen LogP) is 3.62. The van der Waals surface area contributed by atoms with E-state index in [0.717, 1.165) is 18.4 Å². The highest BCUT2D eigenvalue weighted by Crippen LogP contribution is 2.37. The Morgan fingerprint density at radius 2 is 1.69 bits per heavy atom. The highest BCUT2D eigenvalue weighted by atomic mass is 16.7. The van der Waals surface area contributed by atoms with E-state index < -0.39 is 48.7 Å². The maximum atomic E-state index is 13.2. The van der Waals surface area contributed by atoms with Crippen molar-refractivity contribution < 1.29 is 43.8 Å². The lowest BCUT2D eigenvalue weighted by Gasteiger charge is -2.39. The molecule has 0 amide bonds. The van der Waals surface area contributed by atoms with Gasteiger partial charge in [0.2, 0.25) is 6.29 Å². The fraction of sp³-hybridized carbons (Fsp3) is 0.406. The van der Waals surface area contributed by atoms with Gasteiger partial charge in [-0.25, -0.2) is 4.79 Å². The molecule has 2 heterocycles. The lowest BCUT2D eigenvalue weighted by atomic mass is 9.99. The monoisotopic (exact) mass is 582 g/mol. The van der Waals surface area contributed by atoms with Gasteiger partial charge in [-0.15, -0.1) is 0 Å².